The van der Waals surface area contributed by atoms with E-state index in [9.17, 15) is 0 Å². The van der Waals surface area contributed by atoms with Crippen molar-refractivity contribution in [2.45, 2.75) is 165 Å². The molecule has 0 bridgehead atoms. The number of nitriles is 1. The highest BCUT2D eigenvalue weighted by Gasteiger charge is 2.22. The van der Waals surface area contributed by atoms with Crippen LogP contribution in [0.4, 0.5) is 0 Å². The van der Waals surface area contributed by atoms with Crippen LogP contribution in [0.15, 0.2) is 79.5 Å². The van der Waals surface area contributed by atoms with Crippen molar-refractivity contribution in [1.82, 2.24) is 0 Å². The van der Waals surface area contributed by atoms with Gasteiger partial charge in [-0.2, -0.15) is 5.26 Å². The van der Waals surface area contributed by atoms with Gasteiger partial charge < -0.3 is 0 Å². The van der Waals surface area contributed by atoms with Crippen LogP contribution in [0.1, 0.15) is 169 Å². The molecule has 2 unspecified atom stereocenters. The maximum atomic E-state index is 8.46. The number of hydrogen-bond donors (Lipinski definition) is 0. The molecule has 0 amide bonds. The highest BCUT2D eigenvalue weighted by molar-refractivity contribution is 5.53. The molecule has 2 rings (SSSR count). The predicted molar refractivity (Wildman–Crippen MR) is 209 cm³/mol. The molecule has 45 heavy (non-hydrogen) atoms. The van der Waals surface area contributed by atoms with E-state index in [1.54, 1.807) is 0 Å². The molecule has 0 N–H and O–H groups in total. The summed E-state index contributed by atoms with van der Waals surface area (Å²) in [5.41, 5.74) is 4.84. The van der Waals surface area contributed by atoms with Crippen LogP contribution in [-0.4, -0.2) is 0 Å². The van der Waals surface area contributed by atoms with Crippen LogP contribution in [0.3, 0.4) is 0 Å². The Morgan fingerprint density at radius 1 is 0.911 bits per heavy atom. The normalized spacial score (nSPS) is 14.8. The standard InChI is InChI=1S/C17H32.C14H15N.C8H14.C3H8.C2H6/c1-4-5-6-7-8-10-15(2)13-14-17-12-9-11-16(17)3;1-3-13-6-8-14(9-7-13)5-4-12(2)10-11-15;1-3-5-7-8-6-4-2;1-3-2;1-2/h16-17H,2,4-14H2,1,3H3;4-9H,2-3,10H2,1H3;3-4,6H,1,5,7-8H2,2H3;3H2,1-2H3;1-2H3/b;5-4+;;;. The van der Waals surface area contributed by atoms with Gasteiger partial charge in [0.05, 0.1) is 12.5 Å². The molecular formula is C44H75N. The molecule has 1 heteroatoms. The van der Waals surface area contributed by atoms with Crippen LogP contribution in [0.25, 0.3) is 6.08 Å². The Bertz CT molecular complexity index is 892. The van der Waals surface area contributed by atoms with Gasteiger partial charge in [-0.3, -0.25) is 0 Å². The number of benzene rings is 1. The number of nitrogens with zero attached hydrogens (tertiary/aromatic N) is 1. The van der Waals surface area contributed by atoms with E-state index in [2.05, 4.69) is 96.8 Å². The monoisotopic (exact) mass is 618 g/mol. The zero-order valence-corrected chi connectivity index (χ0v) is 31.4. The van der Waals surface area contributed by atoms with Gasteiger partial charge in [0, 0.05) is 0 Å². The molecule has 1 aliphatic carbocycles. The largest absolute Gasteiger partial charge is 0.198 e. The number of rotatable bonds is 17. The average molecular weight is 618 g/mol. The molecule has 1 aromatic rings. The molecule has 0 radical (unpaired) electrons. The second-order valence-electron chi connectivity index (χ2n) is 12.0. The van der Waals surface area contributed by atoms with Gasteiger partial charge in [0.1, 0.15) is 0 Å². The fourth-order valence-corrected chi connectivity index (χ4v) is 4.93. The van der Waals surface area contributed by atoms with E-state index in [1.165, 1.54) is 101 Å². The average Bonchev–Trinajstić information content (AvgIpc) is 3.47. The minimum atomic E-state index is 0.392. The van der Waals surface area contributed by atoms with E-state index in [0.29, 0.717) is 6.42 Å². The van der Waals surface area contributed by atoms with Crippen molar-refractivity contribution in [3.05, 3.63) is 90.6 Å². The van der Waals surface area contributed by atoms with Gasteiger partial charge in [-0.1, -0.05) is 173 Å². The van der Waals surface area contributed by atoms with E-state index in [4.69, 9.17) is 5.26 Å². The van der Waals surface area contributed by atoms with Crippen LogP contribution in [0.2, 0.25) is 0 Å². The number of hydrogen-bond acceptors (Lipinski definition) is 1. The Labute approximate surface area is 283 Å². The zero-order chi connectivity index (χ0) is 34.6. The first-order chi connectivity index (χ1) is 21.8. The van der Waals surface area contributed by atoms with Crippen LogP contribution >= 0.6 is 0 Å². The summed E-state index contributed by atoms with van der Waals surface area (Å²) in [7, 11) is 0. The topological polar surface area (TPSA) is 23.8 Å². The van der Waals surface area contributed by atoms with Gasteiger partial charge in [0.2, 0.25) is 0 Å². The molecule has 0 heterocycles. The molecule has 2 atom stereocenters. The molecular weight excluding hydrogens is 542 g/mol. The van der Waals surface area contributed by atoms with E-state index in [1.807, 2.05) is 39.0 Å². The van der Waals surface area contributed by atoms with Crippen molar-refractivity contribution < 1.29 is 0 Å². The highest BCUT2D eigenvalue weighted by Crippen LogP contribution is 2.35. The maximum absolute atomic E-state index is 8.46. The Balaban J connectivity index is -0.000000574. The lowest BCUT2D eigenvalue weighted by atomic mass is 9.90. The third-order valence-electron chi connectivity index (χ3n) is 7.76. The Morgan fingerprint density at radius 3 is 2.07 bits per heavy atom. The molecule has 0 aromatic heterocycles. The molecule has 1 saturated carbocycles. The van der Waals surface area contributed by atoms with Gasteiger partial charge >= 0.3 is 0 Å². The summed E-state index contributed by atoms with van der Waals surface area (Å²) in [6.45, 7) is 28.8. The SMILES string of the molecule is C=C(/C=C/c1ccc(CC)cc1)CC#N.C=C(CCCCCCC)CCC1CCCC1C.C=CCCCC=CC.CC.CCC. The van der Waals surface area contributed by atoms with Crippen LogP contribution < -0.4 is 0 Å². The summed E-state index contributed by atoms with van der Waals surface area (Å²) in [6.07, 6.45) is 31.8. The molecule has 1 nitrogen and oxygen atoms in total. The van der Waals surface area contributed by atoms with Gasteiger partial charge in [0.25, 0.3) is 0 Å². The van der Waals surface area contributed by atoms with E-state index < -0.39 is 0 Å². The Morgan fingerprint density at radius 2 is 1.56 bits per heavy atom. The highest BCUT2D eigenvalue weighted by atomic mass is 14.3. The third-order valence-corrected chi connectivity index (χ3v) is 7.76. The quantitative estimate of drug-likeness (QED) is 0.0969. The van der Waals surface area contributed by atoms with E-state index in [-0.39, 0.29) is 0 Å². The first kappa shape index (κ1) is 46.8. The molecule has 1 aliphatic rings. The lowest BCUT2D eigenvalue weighted by Gasteiger charge is -2.15. The van der Waals surface area contributed by atoms with Crippen molar-refractivity contribution in [3.8, 4) is 6.07 Å². The van der Waals surface area contributed by atoms with Crippen molar-refractivity contribution in [2.24, 2.45) is 11.8 Å². The summed E-state index contributed by atoms with van der Waals surface area (Å²) in [5.74, 6) is 1.99. The second kappa shape index (κ2) is 37.6. The van der Waals surface area contributed by atoms with Crippen molar-refractivity contribution >= 4 is 6.08 Å². The zero-order valence-electron chi connectivity index (χ0n) is 31.4. The van der Waals surface area contributed by atoms with E-state index >= 15 is 0 Å². The summed E-state index contributed by atoms with van der Waals surface area (Å²) in [5, 5.41) is 8.46. The second-order valence-corrected chi connectivity index (χ2v) is 12.0. The lowest BCUT2D eigenvalue weighted by molar-refractivity contribution is 0.390. The van der Waals surface area contributed by atoms with Crippen molar-refractivity contribution in [3.63, 3.8) is 0 Å². The lowest BCUT2D eigenvalue weighted by Crippen LogP contribution is -2.03. The molecule has 0 saturated heterocycles. The van der Waals surface area contributed by atoms with Crippen molar-refractivity contribution in [2.75, 3.05) is 0 Å². The van der Waals surface area contributed by atoms with Crippen LogP contribution in [0, 0.1) is 23.2 Å². The van der Waals surface area contributed by atoms with Gasteiger partial charge in [-0.15, -0.1) is 6.58 Å². The van der Waals surface area contributed by atoms with Gasteiger partial charge in [-0.25, -0.2) is 0 Å². The van der Waals surface area contributed by atoms with Crippen molar-refractivity contribution in [1.29, 1.82) is 5.26 Å². The van der Waals surface area contributed by atoms with E-state index in [0.717, 1.165) is 35.8 Å². The molecule has 1 fully saturated rings. The summed E-state index contributed by atoms with van der Waals surface area (Å²) in [6, 6.07) is 10.5. The first-order valence-corrected chi connectivity index (χ1v) is 18.5. The Kier molecular flexibility index (Phi) is 39.1. The van der Waals surface area contributed by atoms with Crippen LogP contribution in [0.5, 0.6) is 0 Å². The first-order valence-electron chi connectivity index (χ1n) is 18.5. The summed E-state index contributed by atoms with van der Waals surface area (Å²) >= 11 is 0. The van der Waals surface area contributed by atoms with Gasteiger partial charge in [0.15, 0.2) is 0 Å². The number of aryl methyl sites for hydroxylation is 1. The summed E-state index contributed by atoms with van der Waals surface area (Å²) < 4.78 is 0. The van der Waals surface area contributed by atoms with Gasteiger partial charge in [-0.05, 0) is 86.8 Å². The maximum Gasteiger partial charge on any atom is 0.0669 e. The number of unbranched alkanes of at least 4 members (excludes halogenated alkanes) is 6. The molecule has 1 aromatic carbocycles. The molecule has 0 spiro atoms. The molecule has 0 aliphatic heterocycles. The summed E-state index contributed by atoms with van der Waals surface area (Å²) in [4.78, 5) is 0. The Hall–Kier alpha value is -2.59. The van der Waals surface area contributed by atoms with Crippen LogP contribution in [-0.2, 0) is 6.42 Å². The predicted octanol–water partition coefficient (Wildman–Crippen LogP) is 15.2. The minimum Gasteiger partial charge on any atom is -0.198 e. The smallest absolute Gasteiger partial charge is 0.0669 e. The third kappa shape index (κ3) is 32.6. The number of allylic oxidation sites excluding steroid dienone is 6. The molecule has 256 valence electrons. The minimum absolute atomic E-state index is 0.392. The fraction of sp³-hybridized carbons (Fsp3) is 0.614. The fourth-order valence-electron chi connectivity index (χ4n) is 4.93.